The number of carbonyl (C=O) groups is 1. The average Bonchev–Trinajstić information content (AvgIpc) is 3.32. The Morgan fingerprint density at radius 3 is 2.79 bits per heavy atom. The number of aromatic nitrogens is 2. The number of rotatable bonds is 7. The third kappa shape index (κ3) is 3.95. The van der Waals surface area contributed by atoms with Crippen molar-refractivity contribution in [2.24, 2.45) is 0 Å². The molecule has 0 spiro atoms. The molecule has 3 heterocycles. The molecule has 0 saturated carbocycles. The number of ether oxygens (including phenoxy) is 1. The van der Waals surface area contributed by atoms with Crippen LogP contribution in [0.3, 0.4) is 0 Å². The van der Waals surface area contributed by atoms with Gasteiger partial charge >= 0.3 is 6.09 Å². The Labute approximate surface area is 176 Å². The van der Waals surface area contributed by atoms with Crippen molar-refractivity contribution >= 4 is 39.4 Å². The van der Waals surface area contributed by atoms with Crippen molar-refractivity contribution in [1.82, 2.24) is 14.5 Å². The Balaban J connectivity index is 1.67. The normalized spacial score (nSPS) is 13.8. The molecule has 4 rings (SSSR count). The van der Waals surface area contributed by atoms with Crippen LogP contribution in [0.5, 0.6) is 0 Å². The minimum Gasteiger partial charge on any atom is -0.448 e. The van der Waals surface area contributed by atoms with Gasteiger partial charge in [-0.2, -0.15) is 0 Å². The van der Waals surface area contributed by atoms with Crippen LogP contribution in [-0.4, -0.2) is 46.0 Å². The molecule has 0 atom stereocenters. The van der Waals surface area contributed by atoms with Gasteiger partial charge in [-0.3, -0.25) is 9.36 Å². The first-order valence-electron chi connectivity index (χ1n) is 9.33. The summed E-state index contributed by atoms with van der Waals surface area (Å²) in [6, 6.07) is 8.15. The highest BCUT2D eigenvalue weighted by Crippen LogP contribution is 2.32. The lowest BCUT2D eigenvalue weighted by atomic mass is 10.1. The van der Waals surface area contributed by atoms with Gasteiger partial charge in [-0.1, -0.05) is 47.7 Å². The van der Waals surface area contributed by atoms with Crippen LogP contribution >= 0.6 is 23.1 Å². The zero-order valence-electron chi connectivity index (χ0n) is 16.1. The molecule has 3 aromatic rings. The number of aryl methyl sites for hydroxylation is 1. The number of hydrogen-bond acceptors (Lipinski definition) is 6. The van der Waals surface area contributed by atoms with E-state index in [0.717, 1.165) is 16.0 Å². The number of hydrogen-bond donors (Lipinski definition) is 0. The predicted octanol–water partition coefficient (Wildman–Crippen LogP) is 4.16. The van der Waals surface area contributed by atoms with E-state index in [2.05, 4.69) is 6.58 Å². The Bertz CT molecular complexity index is 1120. The maximum Gasteiger partial charge on any atom is 0.409 e. The molecule has 1 amide bonds. The molecule has 1 aliphatic heterocycles. The summed E-state index contributed by atoms with van der Waals surface area (Å²) in [5.41, 5.74) is 3.04. The van der Waals surface area contributed by atoms with E-state index in [9.17, 15) is 9.59 Å². The molecule has 8 heteroatoms. The van der Waals surface area contributed by atoms with Gasteiger partial charge in [0.05, 0.1) is 11.9 Å². The van der Waals surface area contributed by atoms with Crippen molar-refractivity contribution in [3.05, 3.63) is 58.2 Å². The van der Waals surface area contributed by atoms with Gasteiger partial charge in [-0.15, -0.1) is 17.9 Å². The van der Waals surface area contributed by atoms with Gasteiger partial charge in [0.1, 0.15) is 11.4 Å². The topological polar surface area (TPSA) is 64.4 Å². The van der Waals surface area contributed by atoms with E-state index < -0.39 is 0 Å². The summed E-state index contributed by atoms with van der Waals surface area (Å²) >= 11 is 2.95. The van der Waals surface area contributed by atoms with E-state index in [-0.39, 0.29) is 11.7 Å². The molecule has 6 nitrogen and oxygen atoms in total. The predicted molar refractivity (Wildman–Crippen MR) is 118 cm³/mol. The third-order valence-electron chi connectivity index (χ3n) is 4.77. The third-order valence-corrected chi connectivity index (χ3v) is 6.60. The lowest BCUT2D eigenvalue weighted by Gasteiger charge is -2.14. The highest BCUT2D eigenvalue weighted by molar-refractivity contribution is 7.99. The number of thioether (sulfide) groups is 1. The zero-order valence-corrected chi connectivity index (χ0v) is 17.7. The fourth-order valence-corrected chi connectivity index (χ4v) is 5.19. The van der Waals surface area contributed by atoms with Gasteiger partial charge in [0.15, 0.2) is 5.16 Å². The van der Waals surface area contributed by atoms with Crippen molar-refractivity contribution in [3.8, 4) is 11.1 Å². The highest BCUT2D eigenvalue weighted by atomic mass is 32.2. The maximum atomic E-state index is 13.3. The number of fused-ring (bicyclic) bond motifs is 1. The van der Waals surface area contributed by atoms with E-state index in [1.54, 1.807) is 15.5 Å². The van der Waals surface area contributed by atoms with Gasteiger partial charge in [0.2, 0.25) is 0 Å². The molecule has 0 N–H and O–H groups in total. The van der Waals surface area contributed by atoms with E-state index in [4.69, 9.17) is 9.72 Å². The molecule has 29 heavy (non-hydrogen) atoms. The van der Waals surface area contributed by atoms with Crippen molar-refractivity contribution in [2.45, 2.75) is 18.6 Å². The molecule has 0 radical (unpaired) electrons. The second-order valence-corrected chi connectivity index (χ2v) is 8.66. The van der Waals surface area contributed by atoms with Crippen molar-refractivity contribution < 1.29 is 9.53 Å². The molecule has 0 bridgehead atoms. The van der Waals surface area contributed by atoms with Gasteiger partial charge in [0, 0.05) is 29.8 Å². The summed E-state index contributed by atoms with van der Waals surface area (Å²) in [5.74, 6) is 0.639. The highest BCUT2D eigenvalue weighted by Gasteiger charge is 2.22. The van der Waals surface area contributed by atoms with Gasteiger partial charge < -0.3 is 9.64 Å². The Kier molecular flexibility index (Phi) is 5.73. The first kappa shape index (κ1) is 19.7. The molecule has 1 saturated heterocycles. The monoisotopic (exact) mass is 427 g/mol. The van der Waals surface area contributed by atoms with Crippen LogP contribution in [0.4, 0.5) is 4.79 Å². The second kappa shape index (κ2) is 8.42. The minimum absolute atomic E-state index is 0.0604. The lowest BCUT2D eigenvalue weighted by molar-refractivity contribution is 0.160. The zero-order chi connectivity index (χ0) is 20.4. The molecule has 2 aromatic heterocycles. The van der Waals surface area contributed by atoms with E-state index in [1.165, 1.54) is 28.7 Å². The second-order valence-electron chi connectivity index (χ2n) is 6.74. The first-order valence-corrected chi connectivity index (χ1v) is 11.2. The summed E-state index contributed by atoms with van der Waals surface area (Å²) in [5, 5.41) is 3.29. The molecule has 1 aliphatic rings. The number of benzene rings is 1. The van der Waals surface area contributed by atoms with E-state index in [1.807, 2.05) is 36.6 Å². The van der Waals surface area contributed by atoms with E-state index in [0.29, 0.717) is 42.5 Å². The standard InChI is InChI=1S/C21H21N3O3S2/c1-3-8-24-19(25)17-16(15-6-4-14(2)5-7-15)13-29-18(17)22-20(24)28-12-10-23-9-11-27-21(23)26/h3-7,13H,1,8-12H2,2H3. The molecular weight excluding hydrogens is 406 g/mol. The largest absolute Gasteiger partial charge is 0.448 e. The van der Waals surface area contributed by atoms with Crippen LogP contribution in [0.1, 0.15) is 5.56 Å². The number of nitrogens with zero attached hydrogens (tertiary/aromatic N) is 3. The van der Waals surface area contributed by atoms with Crippen molar-refractivity contribution in [3.63, 3.8) is 0 Å². The summed E-state index contributed by atoms with van der Waals surface area (Å²) in [4.78, 5) is 32.1. The van der Waals surface area contributed by atoms with Crippen LogP contribution in [0.2, 0.25) is 0 Å². The van der Waals surface area contributed by atoms with Crippen LogP contribution in [0.25, 0.3) is 21.3 Å². The summed E-state index contributed by atoms with van der Waals surface area (Å²) < 4.78 is 6.61. The Morgan fingerprint density at radius 2 is 2.10 bits per heavy atom. The number of cyclic esters (lactones) is 1. The minimum atomic E-state index is -0.279. The van der Waals surface area contributed by atoms with Crippen LogP contribution in [-0.2, 0) is 11.3 Å². The molecule has 0 unspecified atom stereocenters. The quantitative estimate of drug-likeness (QED) is 0.322. The van der Waals surface area contributed by atoms with Crippen LogP contribution in [0.15, 0.2) is 52.3 Å². The average molecular weight is 428 g/mol. The number of amides is 1. The summed E-state index contributed by atoms with van der Waals surface area (Å²) in [6.45, 7) is 7.82. The van der Waals surface area contributed by atoms with Crippen LogP contribution in [0, 0.1) is 6.92 Å². The smallest absolute Gasteiger partial charge is 0.409 e. The fourth-order valence-electron chi connectivity index (χ4n) is 3.23. The molecule has 1 aromatic carbocycles. The van der Waals surface area contributed by atoms with Crippen LogP contribution < -0.4 is 5.56 Å². The van der Waals surface area contributed by atoms with Gasteiger partial charge in [-0.25, -0.2) is 9.78 Å². The summed E-state index contributed by atoms with van der Waals surface area (Å²) in [6.07, 6.45) is 1.42. The van der Waals surface area contributed by atoms with Crippen molar-refractivity contribution in [1.29, 1.82) is 0 Å². The Hall–Kier alpha value is -2.58. The molecule has 1 fully saturated rings. The van der Waals surface area contributed by atoms with Gasteiger partial charge in [-0.05, 0) is 12.5 Å². The number of thiophene rings is 1. The lowest BCUT2D eigenvalue weighted by Crippen LogP contribution is -2.27. The number of carbonyl (C=O) groups excluding carboxylic acids is 1. The van der Waals surface area contributed by atoms with E-state index >= 15 is 0 Å². The molecule has 150 valence electrons. The van der Waals surface area contributed by atoms with Crippen molar-refractivity contribution in [2.75, 3.05) is 25.4 Å². The maximum absolute atomic E-state index is 13.3. The first-order chi connectivity index (χ1) is 14.1. The SMILES string of the molecule is C=CCn1c(SCCN2CCOC2=O)nc2scc(-c3ccc(C)cc3)c2c1=O. The molecule has 0 aliphatic carbocycles. The molecular formula is C21H21N3O3S2. The van der Waals surface area contributed by atoms with Gasteiger partial charge in [0.25, 0.3) is 5.56 Å². The Morgan fingerprint density at radius 1 is 1.31 bits per heavy atom. The number of allylic oxidation sites excluding steroid dienone is 1. The summed E-state index contributed by atoms with van der Waals surface area (Å²) in [7, 11) is 0. The fraction of sp³-hybridized carbons (Fsp3) is 0.286.